The maximum atomic E-state index is 16.0. The quantitative estimate of drug-likeness (QED) is 0.278. The van der Waals surface area contributed by atoms with Gasteiger partial charge >= 0.3 is 6.09 Å². The SMILES string of the molecule is C/C=C\CN1CCN(C(=O)c2ccc(-n3nc(/C(C=NC)=C/CC)c4c3-c3sc(NC(=O)OC)nc3CC4)c(F)c2)CC1. The van der Waals surface area contributed by atoms with Gasteiger partial charge in [-0.1, -0.05) is 36.5 Å². The standard InChI is InChI=1S/C31H36FN7O3S/c1-5-7-13-37-14-16-38(17-15-37)29(40)20-9-12-25(23(32)18-20)39-27-22(26(36-39)21(8-6-2)19-33-3)10-11-24-28(27)43-30(34-24)35-31(41)42-4/h5,7-9,12,18-19H,6,10-11,13-17H2,1-4H3,(H,34,35,41)/b7-5-,21-8+,33-19?. The van der Waals surface area contributed by atoms with Crippen LogP contribution in [0.15, 0.2) is 41.4 Å². The fraction of sp³-hybridized carbons (Fsp3) is 0.387. The number of hydrogen-bond acceptors (Lipinski definition) is 8. The molecule has 1 saturated heterocycles. The first kappa shape index (κ1) is 30.3. The number of benzene rings is 1. The van der Waals surface area contributed by atoms with E-state index in [4.69, 9.17) is 9.84 Å². The molecule has 0 bridgehead atoms. The monoisotopic (exact) mass is 605 g/mol. The van der Waals surface area contributed by atoms with Gasteiger partial charge < -0.3 is 9.64 Å². The van der Waals surface area contributed by atoms with E-state index >= 15 is 4.39 Å². The molecule has 10 nitrogen and oxygen atoms in total. The van der Waals surface area contributed by atoms with E-state index in [1.807, 2.05) is 26.0 Å². The molecule has 0 spiro atoms. The fourth-order valence-electron chi connectivity index (χ4n) is 5.42. The number of amides is 2. The molecular formula is C31H36FN7O3S. The van der Waals surface area contributed by atoms with Crippen molar-refractivity contribution in [1.29, 1.82) is 0 Å². The number of nitrogens with zero attached hydrogens (tertiary/aromatic N) is 6. The van der Waals surface area contributed by atoms with Crippen LogP contribution in [0.25, 0.3) is 21.8 Å². The summed E-state index contributed by atoms with van der Waals surface area (Å²) in [4.78, 5) is 38.9. The second-order valence-corrected chi connectivity index (χ2v) is 11.3. The van der Waals surface area contributed by atoms with Gasteiger partial charge in [0.2, 0.25) is 0 Å². The van der Waals surface area contributed by atoms with E-state index in [9.17, 15) is 9.59 Å². The Bertz CT molecular complexity index is 1600. The molecule has 3 aromatic rings. The number of halogens is 1. The van der Waals surface area contributed by atoms with Crippen LogP contribution in [-0.4, -0.2) is 89.7 Å². The van der Waals surface area contributed by atoms with Crippen LogP contribution in [0.3, 0.4) is 0 Å². The number of methoxy groups -OCH3 is 1. The molecule has 0 atom stereocenters. The van der Waals surface area contributed by atoms with E-state index in [1.54, 1.807) is 35.0 Å². The molecule has 2 amide bonds. The number of anilines is 1. The first-order valence-corrected chi connectivity index (χ1v) is 15.2. The second kappa shape index (κ2) is 13.4. The fourth-order valence-corrected chi connectivity index (χ4v) is 6.48. The molecule has 1 aromatic carbocycles. The minimum absolute atomic E-state index is 0.185. The zero-order chi connectivity index (χ0) is 30.5. The Hall–Kier alpha value is -4.16. The number of aryl methyl sites for hydroxylation is 1. The van der Waals surface area contributed by atoms with E-state index in [0.717, 1.165) is 53.5 Å². The molecule has 2 aliphatic rings. The summed E-state index contributed by atoms with van der Waals surface area (Å²) >= 11 is 1.29. The van der Waals surface area contributed by atoms with E-state index in [1.165, 1.54) is 24.5 Å². The molecule has 43 heavy (non-hydrogen) atoms. The average molecular weight is 606 g/mol. The predicted octanol–water partition coefficient (Wildman–Crippen LogP) is 5.24. The Morgan fingerprint density at radius 1 is 1.21 bits per heavy atom. The lowest BCUT2D eigenvalue weighted by molar-refractivity contribution is 0.0649. The lowest BCUT2D eigenvalue weighted by atomic mass is 9.95. The van der Waals surface area contributed by atoms with Crippen molar-refractivity contribution in [2.24, 2.45) is 4.99 Å². The first-order chi connectivity index (χ1) is 20.9. The largest absolute Gasteiger partial charge is 0.453 e. The summed E-state index contributed by atoms with van der Waals surface area (Å²) in [6.07, 6.45) is 9.37. The Labute approximate surface area is 254 Å². The van der Waals surface area contributed by atoms with Gasteiger partial charge in [0, 0.05) is 62.7 Å². The van der Waals surface area contributed by atoms with Crippen LogP contribution in [-0.2, 0) is 17.6 Å². The first-order valence-electron chi connectivity index (χ1n) is 14.4. The van der Waals surface area contributed by atoms with Crippen LogP contribution in [0.1, 0.15) is 47.6 Å². The van der Waals surface area contributed by atoms with Crippen LogP contribution in [0, 0.1) is 5.82 Å². The van der Waals surface area contributed by atoms with Crippen LogP contribution >= 0.6 is 11.3 Å². The van der Waals surface area contributed by atoms with Gasteiger partial charge in [-0.2, -0.15) is 5.10 Å². The second-order valence-electron chi connectivity index (χ2n) is 10.3. The molecule has 5 rings (SSSR count). The van der Waals surface area contributed by atoms with Crippen molar-refractivity contribution in [3.05, 3.63) is 64.8 Å². The highest BCUT2D eigenvalue weighted by molar-refractivity contribution is 7.19. The molecule has 12 heteroatoms. The van der Waals surface area contributed by atoms with Gasteiger partial charge in [0.25, 0.3) is 5.91 Å². The number of ether oxygens (including phenoxy) is 1. The molecule has 1 N–H and O–H groups in total. The number of carbonyl (C=O) groups is 2. The zero-order valence-electron chi connectivity index (χ0n) is 24.9. The lowest BCUT2D eigenvalue weighted by Gasteiger charge is -2.34. The summed E-state index contributed by atoms with van der Waals surface area (Å²) in [5.41, 5.74) is 4.56. The molecule has 3 heterocycles. The maximum absolute atomic E-state index is 16.0. The van der Waals surface area contributed by atoms with Gasteiger partial charge in [0.15, 0.2) is 5.13 Å². The Morgan fingerprint density at radius 2 is 2.00 bits per heavy atom. The van der Waals surface area contributed by atoms with Crippen LogP contribution < -0.4 is 5.32 Å². The smallest absolute Gasteiger partial charge is 0.413 e. The highest BCUT2D eigenvalue weighted by atomic mass is 32.1. The highest BCUT2D eigenvalue weighted by Gasteiger charge is 2.31. The Morgan fingerprint density at radius 3 is 2.67 bits per heavy atom. The highest BCUT2D eigenvalue weighted by Crippen LogP contribution is 2.43. The summed E-state index contributed by atoms with van der Waals surface area (Å²) in [6.45, 7) is 7.63. The van der Waals surface area contributed by atoms with Crippen LogP contribution in [0.2, 0.25) is 0 Å². The summed E-state index contributed by atoms with van der Waals surface area (Å²) in [5.74, 6) is -0.737. The van der Waals surface area contributed by atoms with E-state index in [-0.39, 0.29) is 11.6 Å². The van der Waals surface area contributed by atoms with Crippen molar-refractivity contribution >= 4 is 40.3 Å². The molecule has 226 valence electrons. The number of piperazine rings is 1. The molecule has 2 aromatic heterocycles. The van der Waals surface area contributed by atoms with Crippen molar-refractivity contribution in [2.75, 3.05) is 52.2 Å². The third-order valence-electron chi connectivity index (χ3n) is 7.55. The van der Waals surface area contributed by atoms with Gasteiger partial charge in [0.05, 0.1) is 29.1 Å². The number of allylic oxidation sites excluding steroid dienone is 3. The number of aromatic nitrogens is 3. The van der Waals surface area contributed by atoms with Crippen molar-refractivity contribution in [1.82, 2.24) is 24.6 Å². The van der Waals surface area contributed by atoms with E-state index in [2.05, 4.69) is 26.3 Å². The topological polar surface area (TPSA) is 105 Å². The van der Waals surface area contributed by atoms with Gasteiger partial charge in [-0.15, -0.1) is 0 Å². The third-order valence-corrected chi connectivity index (χ3v) is 8.57. The molecular weight excluding hydrogens is 569 g/mol. The Kier molecular flexibility index (Phi) is 9.46. The normalized spacial score (nSPS) is 15.7. The third kappa shape index (κ3) is 6.30. The lowest BCUT2D eigenvalue weighted by Crippen LogP contribution is -2.48. The summed E-state index contributed by atoms with van der Waals surface area (Å²) in [7, 11) is 3.00. The van der Waals surface area contributed by atoms with Gasteiger partial charge in [-0.25, -0.2) is 18.9 Å². The van der Waals surface area contributed by atoms with Crippen molar-refractivity contribution in [2.45, 2.75) is 33.1 Å². The van der Waals surface area contributed by atoms with Crippen molar-refractivity contribution in [3.8, 4) is 16.3 Å². The minimum atomic E-state index is -0.613. The summed E-state index contributed by atoms with van der Waals surface area (Å²) in [5, 5.41) is 7.96. The van der Waals surface area contributed by atoms with Crippen molar-refractivity contribution in [3.63, 3.8) is 0 Å². The van der Waals surface area contributed by atoms with Gasteiger partial charge in [-0.3, -0.25) is 20.0 Å². The van der Waals surface area contributed by atoms with E-state index < -0.39 is 11.9 Å². The number of hydrogen-bond donors (Lipinski definition) is 1. The number of thiazole rings is 1. The summed E-state index contributed by atoms with van der Waals surface area (Å²) in [6, 6.07) is 4.58. The van der Waals surface area contributed by atoms with Crippen LogP contribution in [0.5, 0.6) is 0 Å². The molecule has 0 radical (unpaired) electrons. The molecule has 0 saturated carbocycles. The minimum Gasteiger partial charge on any atom is -0.453 e. The predicted molar refractivity (Wildman–Crippen MR) is 168 cm³/mol. The van der Waals surface area contributed by atoms with Gasteiger partial charge in [-0.05, 0) is 44.4 Å². The number of fused-ring (bicyclic) bond motifs is 3. The van der Waals surface area contributed by atoms with Crippen LogP contribution in [0.4, 0.5) is 14.3 Å². The molecule has 0 unspecified atom stereocenters. The Balaban J connectivity index is 1.52. The number of rotatable bonds is 8. The zero-order valence-corrected chi connectivity index (χ0v) is 25.7. The number of aliphatic imine (C=N–C) groups is 1. The van der Waals surface area contributed by atoms with Gasteiger partial charge in [0.1, 0.15) is 11.5 Å². The molecule has 1 fully saturated rings. The molecule has 1 aliphatic carbocycles. The maximum Gasteiger partial charge on any atom is 0.413 e. The van der Waals surface area contributed by atoms with Crippen molar-refractivity contribution < 1.29 is 18.7 Å². The molecule has 1 aliphatic heterocycles. The number of carbonyl (C=O) groups excluding carboxylic acids is 2. The summed E-state index contributed by atoms with van der Waals surface area (Å²) < 4.78 is 22.3. The average Bonchev–Trinajstić information content (AvgIpc) is 3.60. The van der Waals surface area contributed by atoms with E-state index in [0.29, 0.717) is 42.3 Å². The number of nitrogens with one attached hydrogen (secondary N) is 1.